The molecule has 3 rings (SSSR count). The maximum atomic E-state index is 12.1. The molecule has 1 unspecified atom stereocenters. The van der Waals surface area contributed by atoms with Crippen LogP contribution in [0.4, 0.5) is 4.79 Å². The SMILES string of the molecule is O=C(NCC1(c2ccccc2Cl)CCOCC1)NOC1CCCCO1. The van der Waals surface area contributed by atoms with Gasteiger partial charge in [0, 0.05) is 43.2 Å². The third-order valence-corrected chi connectivity index (χ3v) is 5.23. The molecule has 0 bridgehead atoms. The van der Waals surface area contributed by atoms with Gasteiger partial charge in [-0.3, -0.25) is 0 Å². The summed E-state index contributed by atoms with van der Waals surface area (Å²) in [7, 11) is 0. The summed E-state index contributed by atoms with van der Waals surface area (Å²) in [6.07, 6.45) is 4.13. The molecule has 0 spiro atoms. The molecular formula is C18H25ClN2O4. The number of urea groups is 1. The highest BCUT2D eigenvalue weighted by atomic mass is 35.5. The van der Waals surface area contributed by atoms with Crippen molar-refractivity contribution in [2.24, 2.45) is 0 Å². The Labute approximate surface area is 153 Å². The number of halogens is 1. The van der Waals surface area contributed by atoms with Crippen molar-refractivity contribution in [2.45, 2.75) is 43.8 Å². The van der Waals surface area contributed by atoms with Crippen molar-refractivity contribution in [3.05, 3.63) is 34.9 Å². The van der Waals surface area contributed by atoms with E-state index < -0.39 is 0 Å². The molecule has 2 saturated heterocycles. The van der Waals surface area contributed by atoms with Gasteiger partial charge in [0.2, 0.25) is 0 Å². The van der Waals surface area contributed by atoms with E-state index in [2.05, 4.69) is 10.8 Å². The van der Waals surface area contributed by atoms with E-state index in [1.54, 1.807) is 0 Å². The maximum absolute atomic E-state index is 12.1. The third kappa shape index (κ3) is 4.85. The highest BCUT2D eigenvalue weighted by Crippen LogP contribution is 2.38. The van der Waals surface area contributed by atoms with Crippen molar-refractivity contribution in [3.8, 4) is 0 Å². The standard InChI is InChI=1S/C18H25ClN2O4/c19-15-6-2-1-5-14(15)18(8-11-23-12-9-18)13-20-17(22)21-25-16-7-3-4-10-24-16/h1-2,5-6,16H,3-4,7-13H2,(H2,20,21,22). The van der Waals surface area contributed by atoms with Crippen LogP contribution < -0.4 is 10.8 Å². The van der Waals surface area contributed by atoms with Crippen molar-refractivity contribution in [3.63, 3.8) is 0 Å². The minimum Gasteiger partial charge on any atom is -0.381 e. The minimum atomic E-state index is -0.368. The number of ether oxygens (including phenoxy) is 2. The number of hydroxylamine groups is 1. The van der Waals surface area contributed by atoms with Gasteiger partial charge in [-0.25, -0.2) is 15.1 Å². The Balaban J connectivity index is 1.57. The van der Waals surface area contributed by atoms with Gasteiger partial charge in [0.15, 0.2) is 6.29 Å². The van der Waals surface area contributed by atoms with Gasteiger partial charge in [0.1, 0.15) is 0 Å². The second kappa shape index (κ2) is 8.85. The number of carbonyl (C=O) groups is 1. The van der Waals surface area contributed by atoms with Gasteiger partial charge in [-0.1, -0.05) is 29.8 Å². The first-order chi connectivity index (χ1) is 12.2. The molecule has 0 aliphatic carbocycles. The molecule has 0 radical (unpaired) electrons. The Kier molecular flexibility index (Phi) is 6.53. The fourth-order valence-electron chi connectivity index (χ4n) is 3.40. The molecule has 0 aromatic heterocycles. The number of amides is 2. The van der Waals surface area contributed by atoms with Crippen LogP contribution in [-0.4, -0.2) is 38.7 Å². The molecule has 6 nitrogen and oxygen atoms in total. The second-order valence-corrected chi connectivity index (χ2v) is 6.98. The van der Waals surface area contributed by atoms with Crippen molar-refractivity contribution in [1.82, 2.24) is 10.8 Å². The first-order valence-electron chi connectivity index (χ1n) is 8.83. The third-order valence-electron chi connectivity index (χ3n) is 4.90. The maximum Gasteiger partial charge on any atom is 0.338 e. The first-order valence-corrected chi connectivity index (χ1v) is 9.21. The smallest absolute Gasteiger partial charge is 0.338 e. The van der Waals surface area contributed by atoms with Gasteiger partial charge < -0.3 is 14.8 Å². The fourth-order valence-corrected chi connectivity index (χ4v) is 3.74. The average molecular weight is 369 g/mol. The molecule has 138 valence electrons. The van der Waals surface area contributed by atoms with Crippen LogP contribution >= 0.6 is 11.6 Å². The topological polar surface area (TPSA) is 68.8 Å². The van der Waals surface area contributed by atoms with Gasteiger partial charge in [-0.05, 0) is 37.3 Å². The normalized spacial score (nSPS) is 23.0. The van der Waals surface area contributed by atoms with Gasteiger partial charge in [0.05, 0.1) is 0 Å². The summed E-state index contributed by atoms with van der Waals surface area (Å²) in [5.74, 6) is 0. The van der Waals surface area contributed by atoms with Crippen LogP contribution in [0.1, 0.15) is 37.7 Å². The Morgan fingerprint density at radius 2 is 2.04 bits per heavy atom. The van der Waals surface area contributed by atoms with E-state index in [0.29, 0.717) is 26.4 Å². The summed E-state index contributed by atoms with van der Waals surface area (Å²) >= 11 is 6.41. The van der Waals surface area contributed by atoms with Crippen LogP contribution in [-0.2, 0) is 19.7 Å². The molecule has 2 fully saturated rings. The van der Waals surface area contributed by atoms with Gasteiger partial charge in [0.25, 0.3) is 0 Å². The molecular weight excluding hydrogens is 344 g/mol. The largest absolute Gasteiger partial charge is 0.381 e. The van der Waals surface area contributed by atoms with Crippen LogP contribution in [0.5, 0.6) is 0 Å². The number of nitrogens with one attached hydrogen (secondary N) is 2. The Bertz CT molecular complexity index is 572. The van der Waals surface area contributed by atoms with Gasteiger partial charge in [-0.2, -0.15) is 0 Å². The monoisotopic (exact) mass is 368 g/mol. The Morgan fingerprint density at radius 3 is 2.76 bits per heavy atom. The lowest BCUT2D eigenvalue weighted by molar-refractivity contribution is -0.186. The number of rotatable bonds is 5. The lowest BCUT2D eigenvalue weighted by atomic mass is 9.74. The highest BCUT2D eigenvalue weighted by Gasteiger charge is 2.36. The highest BCUT2D eigenvalue weighted by molar-refractivity contribution is 6.31. The van der Waals surface area contributed by atoms with E-state index in [9.17, 15) is 4.79 Å². The predicted octanol–water partition coefficient (Wildman–Crippen LogP) is 3.15. The second-order valence-electron chi connectivity index (χ2n) is 6.57. The summed E-state index contributed by atoms with van der Waals surface area (Å²) in [5.41, 5.74) is 3.26. The van der Waals surface area contributed by atoms with Crippen molar-refractivity contribution < 1.29 is 19.1 Å². The lowest BCUT2D eigenvalue weighted by Gasteiger charge is -2.38. The Morgan fingerprint density at radius 1 is 1.24 bits per heavy atom. The molecule has 2 amide bonds. The molecule has 1 aromatic carbocycles. The molecule has 2 N–H and O–H groups in total. The number of carbonyl (C=O) groups excluding carboxylic acids is 1. The van der Waals surface area contributed by atoms with Crippen molar-refractivity contribution >= 4 is 17.6 Å². The van der Waals surface area contributed by atoms with Gasteiger partial charge >= 0.3 is 6.03 Å². The number of benzene rings is 1. The molecule has 0 saturated carbocycles. The summed E-state index contributed by atoms with van der Waals surface area (Å²) in [4.78, 5) is 17.4. The average Bonchev–Trinajstić information content (AvgIpc) is 2.67. The van der Waals surface area contributed by atoms with Crippen LogP contribution in [0, 0.1) is 0 Å². The Hall–Kier alpha value is -1.34. The molecule has 25 heavy (non-hydrogen) atoms. The first kappa shape index (κ1) is 18.5. The van der Waals surface area contributed by atoms with Crippen LogP contribution in [0.3, 0.4) is 0 Å². The van der Waals surface area contributed by atoms with Gasteiger partial charge in [-0.15, -0.1) is 0 Å². The summed E-state index contributed by atoms with van der Waals surface area (Å²) in [6, 6.07) is 7.43. The zero-order chi connectivity index (χ0) is 17.5. The molecule has 1 aromatic rings. The quantitative estimate of drug-likeness (QED) is 0.783. The zero-order valence-electron chi connectivity index (χ0n) is 14.3. The van der Waals surface area contributed by atoms with Crippen LogP contribution in [0.15, 0.2) is 24.3 Å². The van der Waals surface area contributed by atoms with Crippen LogP contribution in [0.2, 0.25) is 5.02 Å². The van der Waals surface area contributed by atoms with E-state index in [4.69, 9.17) is 25.9 Å². The molecule has 1 atom stereocenters. The van der Waals surface area contributed by atoms with E-state index in [-0.39, 0.29) is 17.7 Å². The number of hydrogen-bond donors (Lipinski definition) is 2. The molecule has 2 aliphatic rings. The van der Waals surface area contributed by atoms with Crippen molar-refractivity contribution in [1.29, 1.82) is 0 Å². The van der Waals surface area contributed by atoms with E-state index in [1.807, 2.05) is 24.3 Å². The van der Waals surface area contributed by atoms with Crippen LogP contribution in [0.25, 0.3) is 0 Å². The molecule has 2 heterocycles. The van der Waals surface area contributed by atoms with E-state index in [0.717, 1.165) is 42.7 Å². The number of hydrogen-bond acceptors (Lipinski definition) is 4. The molecule has 7 heteroatoms. The minimum absolute atomic E-state index is 0.227. The van der Waals surface area contributed by atoms with Crippen molar-refractivity contribution in [2.75, 3.05) is 26.4 Å². The lowest BCUT2D eigenvalue weighted by Crippen LogP contribution is -2.48. The summed E-state index contributed by atoms with van der Waals surface area (Å²) < 4.78 is 10.9. The fraction of sp³-hybridized carbons (Fsp3) is 0.611. The van der Waals surface area contributed by atoms with E-state index in [1.165, 1.54) is 0 Å². The summed E-state index contributed by atoms with van der Waals surface area (Å²) in [5, 5.41) is 3.63. The zero-order valence-corrected chi connectivity index (χ0v) is 15.0. The summed E-state index contributed by atoms with van der Waals surface area (Å²) in [6.45, 7) is 2.45. The predicted molar refractivity (Wildman–Crippen MR) is 94.4 cm³/mol. The molecule has 2 aliphatic heterocycles. The van der Waals surface area contributed by atoms with E-state index >= 15 is 0 Å².